The summed E-state index contributed by atoms with van der Waals surface area (Å²) in [7, 11) is 0. The van der Waals surface area contributed by atoms with E-state index in [4.69, 9.17) is 0 Å². The van der Waals surface area contributed by atoms with Gasteiger partial charge in [0.2, 0.25) is 0 Å². The van der Waals surface area contributed by atoms with Gasteiger partial charge in [-0.1, -0.05) is 19.4 Å². The van der Waals surface area contributed by atoms with Gasteiger partial charge >= 0.3 is 0 Å². The summed E-state index contributed by atoms with van der Waals surface area (Å²) in [5.74, 6) is -1.12. The Balaban J connectivity index is 2.51. The fraction of sp³-hybridized carbons (Fsp3) is 0.538. The molecule has 0 saturated carbocycles. The molecule has 0 aliphatic heterocycles. The molecule has 0 aromatic heterocycles. The molecule has 17 heavy (non-hydrogen) atoms. The molecule has 0 radical (unpaired) electrons. The Morgan fingerprint density at radius 2 is 1.88 bits per heavy atom. The molecule has 1 rings (SSSR count). The van der Waals surface area contributed by atoms with E-state index < -0.39 is 17.2 Å². The maximum absolute atomic E-state index is 13.3. The third-order valence-corrected chi connectivity index (χ3v) is 2.66. The van der Waals surface area contributed by atoms with E-state index in [9.17, 15) is 13.9 Å². The van der Waals surface area contributed by atoms with E-state index in [1.165, 1.54) is 18.2 Å². The predicted molar refractivity (Wildman–Crippen MR) is 63.6 cm³/mol. The van der Waals surface area contributed by atoms with Crippen LogP contribution in [-0.2, 0) is 6.54 Å². The number of hydrogen-bond donors (Lipinski definition) is 2. The first-order chi connectivity index (χ1) is 7.96. The van der Waals surface area contributed by atoms with E-state index in [1.54, 1.807) is 6.92 Å². The van der Waals surface area contributed by atoms with Crippen LogP contribution in [0.25, 0.3) is 0 Å². The Morgan fingerprint density at radius 1 is 1.29 bits per heavy atom. The van der Waals surface area contributed by atoms with E-state index in [1.807, 2.05) is 6.92 Å². The van der Waals surface area contributed by atoms with Crippen LogP contribution in [0.3, 0.4) is 0 Å². The molecule has 0 saturated heterocycles. The smallest absolute Gasteiger partial charge is 0.130 e. The topological polar surface area (TPSA) is 32.3 Å². The SMILES string of the molecule is CCCC(C)(O)CNCc1c(F)cccc1F. The van der Waals surface area contributed by atoms with Crippen LogP contribution < -0.4 is 5.32 Å². The average molecular weight is 243 g/mol. The van der Waals surface area contributed by atoms with E-state index in [2.05, 4.69) is 5.32 Å². The number of nitrogens with one attached hydrogen (secondary N) is 1. The third kappa shape index (κ3) is 4.40. The van der Waals surface area contributed by atoms with Crippen molar-refractivity contribution in [2.75, 3.05) is 6.54 Å². The molecule has 0 bridgehead atoms. The lowest BCUT2D eigenvalue weighted by Crippen LogP contribution is -2.37. The fourth-order valence-electron chi connectivity index (χ4n) is 1.78. The monoisotopic (exact) mass is 243 g/mol. The van der Waals surface area contributed by atoms with Crippen molar-refractivity contribution in [3.8, 4) is 0 Å². The van der Waals surface area contributed by atoms with Gasteiger partial charge in [-0.3, -0.25) is 0 Å². The maximum Gasteiger partial charge on any atom is 0.130 e. The maximum atomic E-state index is 13.3. The van der Waals surface area contributed by atoms with E-state index in [0.29, 0.717) is 13.0 Å². The summed E-state index contributed by atoms with van der Waals surface area (Å²) in [6.07, 6.45) is 1.52. The Hall–Kier alpha value is -1.00. The quantitative estimate of drug-likeness (QED) is 0.805. The van der Waals surface area contributed by atoms with Crippen molar-refractivity contribution in [1.29, 1.82) is 0 Å². The molecular weight excluding hydrogens is 224 g/mol. The number of hydrogen-bond acceptors (Lipinski definition) is 2. The minimum absolute atomic E-state index is 0.0137. The molecular formula is C13H19F2NO. The van der Waals surface area contributed by atoms with Crippen molar-refractivity contribution in [3.05, 3.63) is 35.4 Å². The highest BCUT2D eigenvalue weighted by molar-refractivity contribution is 5.19. The van der Waals surface area contributed by atoms with Crippen molar-refractivity contribution < 1.29 is 13.9 Å². The van der Waals surface area contributed by atoms with Gasteiger partial charge in [0.25, 0.3) is 0 Å². The Kier molecular flexibility index (Phi) is 5.02. The van der Waals surface area contributed by atoms with Crippen LogP contribution in [0.15, 0.2) is 18.2 Å². The molecule has 0 spiro atoms. The molecule has 4 heteroatoms. The number of rotatable bonds is 6. The second-order valence-electron chi connectivity index (χ2n) is 4.55. The third-order valence-electron chi connectivity index (χ3n) is 2.66. The van der Waals surface area contributed by atoms with Gasteiger partial charge in [0.05, 0.1) is 5.60 Å². The Labute approximate surface area is 101 Å². The lowest BCUT2D eigenvalue weighted by molar-refractivity contribution is 0.0496. The summed E-state index contributed by atoms with van der Waals surface area (Å²) in [4.78, 5) is 0. The summed E-state index contributed by atoms with van der Waals surface area (Å²) in [6.45, 7) is 4.08. The van der Waals surface area contributed by atoms with Crippen LogP contribution in [-0.4, -0.2) is 17.3 Å². The standard InChI is InChI=1S/C13H19F2NO/c1-3-7-13(2,17)9-16-8-10-11(14)5-4-6-12(10)15/h4-6,16-17H,3,7-9H2,1-2H3. The molecule has 1 aromatic carbocycles. The molecule has 0 aliphatic carbocycles. The van der Waals surface area contributed by atoms with Gasteiger partial charge in [0, 0.05) is 18.7 Å². The summed E-state index contributed by atoms with van der Waals surface area (Å²) >= 11 is 0. The molecule has 96 valence electrons. The zero-order chi connectivity index (χ0) is 12.9. The predicted octanol–water partition coefficient (Wildman–Crippen LogP) is 2.61. The zero-order valence-corrected chi connectivity index (χ0v) is 10.3. The molecule has 0 aliphatic rings. The van der Waals surface area contributed by atoms with Crippen molar-refractivity contribution in [1.82, 2.24) is 5.32 Å². The van der Waals surface area contributed by atoms with Crippen LogP contribution in [0, 0.1) is 11.6 Å². The summed E-state index contributed by atoms with van der Waals surface area (Å²) in [5, 5.41) is 12.8. The number of benzene rings is 1. The average Bonchev–Trinajstić information content (AvgIpc) is 2.22. The van der Waals surface area contributed by atoms with Crippen molar-refractivity contribution in [3.63, 3.8) is 0 Å². The van der Waals surface area contributed by atoms with Gasteiger partial charge in [-0.2, -0.15) is 0 Å². The van der Waals surface area contributed by atoms with Crippen LogP contribution in [0.4, 0.5) is 8.78 Å². The van der Waals surface area contributed by atoms with Crippen LogP contribution in [0.5, 0.6) is 0 Å². The Bertz CT molecular complexity index is 346. The lowest BCUT2D eigenvalue weighted by Gasteiger charge is -2.23. The molecule has 1 unspecified atom stereocenters. The molecule has 0 heterocycles. The minimum atomic E-state index is -0.837. The minimum Gasteiger partial charge on any atom is -0.389 e. The van der Waals surface area contributed by atoms with Gasteiger partial charge < -0.3 is 10.4 Å². The van der Waals surface area contributed by atoms with Gasteiger partial charge in [0.15, 0.2) is 0 Å². The highest BCUT2D eigenvalue weighted by Gasteiger charge is 2.18. The van der Waals surface area contributed by atoms with Crippen LogP contribution >= 0.6 is 0 Å². The summed E-state index contributed by atoms with van der Waals surface area (Å²) < 4.78 is 26.6. The van der Waals surface area contributed by atoms with Crippen LogP contribution in [0.2, 0.25) is 0 Å². The lowest BCUT2D eigenvalue weighted by atomic mass is 10.0. The summed E-state index contributed by atoms with van der Waals surface area (Å²) in [5.41, 5.74) is -0.823. The first-order valence-electron chi connectivity index (χ1n) is 5.82. The first-order valence-corrected chi connectivity index (χ1v) is 5.82. The first kappa shape index (κ1) is 14.1. The van der Waals surface area contributed by atoms with Crippen molar-refractivity contribution in [2.45, 2.75) is 38.8 Å². The van der Waals surface area contributed by atoms with Gasteiger partial charge in [-0.25, -0.2) is 8.78 Å². The molecule has 0 amide bonds. The Morgan fingerprint density at radius 3 is 2.41 bits per heavy atom. The molecule has 2 N–H and O–H groups in total. The normalized spacial score (nSPS) is 14.6. The molecule has 1 atom stereocenters. The second-order valence-corrected chi connectivity index (χ2v) is 4.55. The van der Waals surface area contributed by atoms with Gasteiger partial charge in [-0.05, 0) is 25.5 Å². The van der Waals surface area contributed by atoms with Crippen LogP contribution in [0.1, 0.15) is 32.3 Å². The number of halogens is 2. The summed E-state index contributed by atoms with van der Waals surface area (Å²) in [6, 6.07) is 3.79. The zero-order valence-electron chi connectivity index (χ0n) is 10.3. The largest absolute Gasteiger partial charge is 0.389 e. The number of aliphatic hydroxyl groups is 1. The molecule has 2 nitrogen and oxygen atoms in total. The van der Waals surface area contributed by atoms with E-state index in [0.717, 1.165) is 6.42 Å². The second kappa shape index (κ2) is 6.07. The highest BCUT2D eigenvalue weighted by Crippen LogP contribution is 2.13. The van der Waals surface area contributed by atoms with E-state index >= 15 is 0 Å². The van der Waals surface area contributed by atoms with E-state index in [-0.39, 0.29) is 12.1 Å². The van der Waals surface area contributed by atoms with Gasteiger partial charge in [-0.15, -0.1) is 0 Å². The van der Waals surface area contributed by atoms with Gasteiger partial charge in [0.1, 0.15) is 11.6 Å². The molecule has 0 fully saturated rings. The van der Waals surface area contributed by atoms with Crippen molar-refractivity contribution >= 4 is 0 Å². The van der Waals surface area contributed by atoms with Crippen molar-refractivity contribution in [2.24, 2.45) is 0 Å². The fourth-order valence-corrected chi connectivity index (χ4v) is 1.78. The highest BCUT2D eigenvalue weighted by atomic mass is 19.1. The molecule has 1 aromatic rings.